The Morgan fingerprint density at radius 1 is 1.56 bits per heavy atom. The first-order valence-electron chi connectivity index (χ1n) is 5.14. The summed E-state index contributed by atoms with van der Waals surface area (Å²) >= 11 is 0. The Morgan fingerprint density at radius 3 is 2.94 bits per heavy atom. The maximum Gasteiger partial charge on any atom is 0.316 e. The summed E-state index contributed by atoms with van der Waals surface area (Å²) < 4.78 is 5.30. The SMILES string of the molecule is Cc1[c]cnc(OCCCC(=O)N(C)C)n1. The Kier molecular flexibility index (Phi) is 4.69. The van der Waals surface area contributed by atoms with E-state index in [2.05, 4.69) is 16.0 Å². The van der Waals surface area contributed by atoms with Crippen LogP contribution in [-0.4, -0.2) is 41.5 Å². The third-order valence-electron chi connectivity index (χ3n) is 1.98. The highest BCUT2D eigenvalue weighted by atomic mass is 16.5. The molecule has 1 heterocycles. The molecule has 0 aliphatic carbocycles. The molecule has 0 atom stereocenters. The van der Waals surface area contributed by atoms with Gasteiger partial charge in [0.05, 0.1) is 12.3 Å². The topological polar surface area (TPSA) is 55.3 Å². The van der Waals surface area contributed by atoms with Gasteiger partial charge in [0.2, 0.25) is 5.91 Å². The van der Waals surface area contributed by atoms with Crippen LogP contribution in [0.3, 0.4) is 0 Å². The number of rotatable bonds is 5. The molecular weight excluding hydrogens is 206 g/mol. The van der Waals surface area contributed by atoms with Crippen molar-refractivity contribution in [3.05, 3.63) is 18.0 Å². The summed E-state index contributed by atoms with van der Waals surface area (Å²) in [5.41, 5.74) is 0.745. The number of hydrogen-bond donors (Lipinski definition) is 0. The Bertz CT molecular complexity index is 353. The molecule has 5 heteroatoms. The van der Waals surface area contributed by atoms with Gasteiger partial charge in [-0.2, -0.15) is 4.98 Å². The molecule has 1 rings (SSSR count). The fraction of sp³-hybridized carbons (Fsp3) is 0.545. The number of carbonyl (C=O) groups excluding carboxylic acids is 1. The van der Waals surface area contributed by atoms with Crippen LogP contribution in [0.25, 0.3) is 0 Å². The zero-order chi connectivity index (χ0) is 12.0. The molecule has 0 aromatic carbocycles. The molecule has 16 heavy (non-hydrogen) atoms. The van der Waals surface area contributed by atoms with Gasteiger partial charge >= 0.3 is 6.01 Å². The molecule has 1 aromatic rings. The Morgan fingerprint density at radius 2 is 2.31 bits per heavy atom. The van der Waals surface area contributed by atoms with Crippen molar-refractivity contribution in [2.45, 2.75) is 19.8 Å². The van der Waals surface area contributed by atoms with Crippen LogP contribution in [0, 0.1) is 13.0 Å². The number of nitrogens with zero attached hydrogens (tertiary/aromatic N) is 3. The van der Waals surface area contributed by atoms with E-state index in [-0.39, 0.29) is 5.91 Å². The van der Waals surface area contributed by atoms with Crippen LogP contribution in [0.1, 0.15) is 18.5 Å². The highest BCUT2D eigenvalue weighted by molar-refractivity contribution is 5.75. The molecule has 0 spiro atoms. The van der Waals surface area contributed by atoms with Crippen molar-refractivity contribution in [2.24, 2.45) is 0 Å². The van der Waals surface area contributed by atoms with Crippen LogP contribution >= 0.6 is 0 Å². The molecule has 0 unspecified atom stereocenters. The van der Waals surface area contributed by atoms with Crippen LogP contribution in [0.5, 0.6) is 6.01 Å². The van der Waals surface area contributed by atoms with Crippen LogP contribution in [0.2, 0.25) is 0 Å². The van der Waals surface area contributed by atoms with E-state index in [1.807, 2.05) is 6.92 Å². The summed E-state index contributed by atoms with van der Waals surface area (Å²) in [5.74, 6) is 0.0992. The molecule has 0 saturated heterocycles. The van der Waals surface area contributed by atoms with Gasteiger partial charge in [0.25, 0.3) is 0 Å². The van der Waals surface area contributed by atoms with Gasteiger partial charge in [-0.15, -0.1) is 0 Å². The van der Waals surface area contributed by atoms with Crippen LogP contribution in [0.4, 0.5) is 0 Å². The molecule has 0 fully saturated rings. The highest BCUT2D eigenvalue weighted by Gasteiger charge is 2.04. The average Bonchev–Trinajstić information content (AvgIpc) is 2.24. The monoisotopic (exact) mass is 222 g/mol. The standard InChI is InChI=1S/C11H16N3O2/c1-9-6-7-12-11(13-9)16-8-4-5-10(15)14(2)3/h7H,4-5,8H2,1-3H3. The molecule has 1 amide bonds. The quantitative estimate of drug-likeness (QED) is 0.692. The Balaban J connectivity index is 2.23. The summed E-state index contributed by atoms with van der Waals surface area (Å²) in [7, 11) is 3.48. The van der Waals surface area contributed by atoms with Crippen LogP contribution in [-0.2, 0) is 4.79 Å². The van der Waals surface area contributed by atoms with Crippen LogP contribution in [0.15, 0.2) is 6.20 Å². The molecule has 0 bridgehead atoms. The van der Waals surface area contributed by atoms with Crippen molar-refractivity contribution in [2.75, 3.05) is 20.7 Å². The first kappa shape index (κ1) is 12.4. The molecule has 0 aliphatic heterocycles. The lowest BCUT2D eigenvalue weighted by Crippen LogP contribution is -2.21. The fourth-order valence-corrected chi connectivity index (χ4v) is 1.07. The van der Waals surface area contributed by atoms with E-state index >= 15 is 0 Å². The van der Waals surface area contributed by atoms with Crippen molar-refractivity contribution < 1.29 is 9.53 Å². The second-order valence-electron chi connectivity index (χ2n) is 3.62. The van der Waals surface area contributed by atoms with Gasteiger partial charge in [-0.3, -0.25) is 4.79 Å². The lowest BCUT2D eigenvalue weighted by molar-refractivity contribution is -0.128. The maximum absolute atomic E-state index is 11.2. The van der Waals surface area contributed by atoms with Crippen LogP contribution < -0.4 is 4.74 Å². The predicted octanol–water partition coefficient (Wildman–Crippen LogP) is 0.832. The summed E-state index contributed by atoms with van der Waals surface area (Å²) in [6.07, 6.45) is 2.67. The first-order chi connectivity index (χ1) is 7.59. The molecule has 0 aliphatic rings. The minimum atomic E-state index is 0.0992. The zero-order valence-corrected chi connectivity index (χ0v) is 9.86. The summed E-state index contributed by atoms with van der Waals surface area (Å²) in [6.45, 7) is 2.27. The predicted molar refractivity (Wildman–Crippen MR) is 59.0 cm³/mol. The number of hydrogen-bond acceptors (Lipinski definition) is 4. The van der Waals surface area contributed by atoms with Gasteiger partial charge in [-0.05, 0) is 13.3 Å². The molecular formula is C11H16N3O2. The zero-order valence-electron chi connectivity index (χ0n) is 9.86. The minimum Gasteiger partial charge on any atom is -0.463 e. The second-order valence-corrected chi connectivity index (χ2v) is 3.62. The van der Waals surface area contributed by atoms with Gasteiger partial charge in [0.15, 0.2) is 0 Å². The summed E-state index contributed by atoms with van der Waals surface area (Å²) in [5, 5.41) is 0. The van der Waals surface area contributed by atoms with E-state index < -0.39 is 0 Å². The third-order valence-corrected chi connectivity index (χ3v) is 1.98. The van der Waals surface area contributed by atoms with Crippen molar-refractivity contribution in [3.8, 4) is 6.01 Å². The smallest absolute Gasteiger partial charge is 0.316 e. The number of ether oxygens (including phenoxy) is 1. The highest BCUT2D eigenvalue weighted by Crippen LogP contribution is 2.02. The first-order valence-corrected chi connectivity index (χ1v) is 5.14. The lowest BCUT2D eigenvalue weighted by atomic mass is 10.3. The third kappa shape index (κ3) is 4.25. The fourth-order valence-electron chi connectivity index (χ4n) is 1.07. The van der Waals surface area contributed by atoms with E-state index in [1.54, 1.807) is 19.0 Å². The molecule has 0 N–H and O–H groups in total. The summed E-state index contributed by atoms with van der Waals surface area (Å²) in [6, 6.07) is 3.17. The lowest BCUT2D eigenvalue weighted by Gasteiger charge is -2.09. The van der Waals surface area contributed by atoms with Gasteiger partial charge in [-0.25, -0.2) is 4.98 Å². The molecule has 1 aromatic heterocycles. The van der Waals surface area contributed by atoms with E-state index in [0.717, 1.165) is 5.69 Å². The Labute approximate surface area is 95.5 Å². The summed E-state index contributed by atoms with van der Waals surface area (Å²) in [4.78, 5) is 20.8. The molecule has 1 radical (unpaired) electrons. The molecule has 0 saturated carbocycles. The van der Waals surface area contributed by atoms with Crippen molar-refractivity contribution in [3.63, 3.8) is 0 Å². The van der Waals surface area contributed by atoms with E-state index in [1.165, 1.54) is 6.20 Å². The number of aromatic nitrogens is 2. The molecule has 5 nitrogen and oxygen atoms in total. The van der Waals surface area contributed by atoms with Gasteiger partial charge in [0.1, 0.15) is 0 Å². The average molecular weight is 222 g/mol. The normalized spacial score (nSPS) is 9.94. The largest absolute Gasteiger partial charge is 0.463 e. The van der Waals surface area contributed by atoms with Gasteiger partial charge in [0, 0.05) is 32.8 Å². The molecule has 87 valence electrons. The van der Waals surface area contributed by atoms with Gasteiger partial charge < -0.3 is 9.64 Å². The van der Waals surface area contributed by atoms with E-state index in [0.29, 0.717) is 25.5 Å². The minimum absolute atomic E-state index is 0.0992. The maximum atomic E-state index is 11.2. The number of aryl methyl sites for hydroxylation is 1. The van der Waals surface area contributed by atoms with E-state index in [4.69, 9.17) is 4.74 Å². The van der Waals surface area contributed by atoms with Crippen molar-refractivity contribution in [1.82, 2.24) is 14.9 Å². The second kappa shape index (κ2) is 6.05. The van der Waals surface area contributed by atoms with Crippen molar-refractivity contribution in [1.29, 1.82) is 0 Å². The number of carbonyl (C=O) groups is 1. The number of amides is 1. The van der Waals surface area contributed by atoms with Gasteiger partial charge in [-0.1, -0.05) is 0 Å². The Hall–Kier alpha value is -1.65. The van der Waals surface area contributed by atoms with Crippen molar-refractivity contribution >= 4 is 5.91 Å². The van der Waals surface area contributed by atoms with E-state index in [9.17, 15) is 4.79 Å².